The van der Waals surface area contributed by atoms with E-state index < -0.39 is 22.3 Å². The van der Waals surface area contributed by atoms with Crippen molar-refractivity contribution in [2.75, 3.05) is 5.32 Å². The average molecular weight is 342 g/mol. The monoisotopic (exact) mass is 342 g/mol. The van der Waals surface area contributed by atoms with Crippen molar-refractivity contribution in [3.8, 4) is 0 Å². The number of nitrogens with zero attached hydrogens (tertiary/aromatic N) is 1. The second kappa shape index (κ2) is 6.16. The molecule has 0 atom stereocenters. The van der Waals surface area contributed by atoms with Crippen LogP contribution in [0.5, 0.6) is 0 Å². The van der Waals surface area contributed by atoms with Crippen LogP contribution < -0.4 is 10.9 Å². The molecule has 0 radical (unpaired) electrons. The van der Waals surface area contributed by atoms with Crippen LogP contribution in [0.4, 0.5) is 15.8 Å². The summed E-state index contributed by atoms with van der Waals surface area (Å²) in [4.78, 5) is 34.5. The van der Waals surface area contributed by atoms with Gasteiger partial charge in [-0.2, -0.15) is 0 Å². The number of hydrogen-bond donors (Lipinski definition) is 1. The second-order valence-corrected chi connectivity index (χ2v) is 5.34. The molecule has 1 heterocycles. The van der Waals surface area contributed by atoms with Gasteiger partial charge in [-0.15, -0.1) is 0 Å². The van der Waals surface area contributed by atoms with Gasteiger partial charge < -0.3 is 9.73 Å². The van der Waals surface area contributed by atoms with E-state index in [1.165, 1.54) is 30.3 Å². The Hall–Kier alpha value is -3.55. The van der Waals surface area contributed by atoms with Crippen LogP contribution in [0.1, 0.15) is 16.1 Å². The van der Waals surface area contributed by atoms with Crippen LogP contribution in [0.15, 0.2) is 51.7 Å². The zero-order valence-corrected chi connectivity index (χ0v) is 12.9. The smallest absolute Gasteiger partial charge is 0.344 e. The Labute approximate surface area is 139 Å². The number of carbonyl (C=O) groups excluding carboxylic acids is 1. The molecule has 25 heavy (non-hydrogen) atoms. The molecule has 0 aliphatic rings. The number of nitro benzene ring substituents is 1. The van der Waals surface area contributed by atoms with Crippen molar-refractivity contribution >= 4 is 28.1 Å². The first-order valence-corrected chi connectivity index (χ1v) is 7.15. The first-order chi connectivity index (χ1) is 11.8. The first-order valence-electron chi connectivity index (χ1n) is 7.15. The van der Waals surface area contributed by atoms with E-state index in [-0.39, 0.29) is 22.5 Å². The topological polar surface area (TPSA) is 102 Å². The van der Waals surface area contributed by atoms with Gasteiger partial charge in [0.2, 0.25) is 0 Å². The van der Waals surface area contributed by atoms with E-state index in [2.05, 4.69) is 5.32 Å². The molecule has 8 heteroatoms. The number of halogens is 1. The predicted octanol–water partition coefficient (Wildman–Crippen LogP) is 3.40. The highest BCUT2D eigenvalue weighted by molar-refractivity contribution is 6.04. The molecule has 0 saturated carbocycles. The summed E-state index contributed by atoms with van der Waals surface area (Å²) < 4.78 is 18.1. The van der Waals surface area contributed by atoms with Gasteiger partial charge >= 0.3 is 5.63 Å². The summed E-state index contributed by atoms with van der Waals surface area (Å²) in [6.07, 6.45) is 0. The number of anilines is 1. The number of hydrogen-bond acceptors (Lipinski definition) is 5. The molecule has 0 fully saturated rings. The Morgan fingerprint density at radius 2 is 1.96 bits per heavy atom. The molecule has 0 aliphatic carbocycles. The molecule has 3 aromatic rings. The van der Waals surface area contributed by atoms with E-state index >= 15 is 0 Å². The van der Waals surface area contributed by atoms with Crippen molar-refractivity contribution in [2.24, 2.45) is 0 Å². The highest BCUT2D eigenvalue weighted by atomic mass is 19.1. The summed E-state index contributed by atoms with van der Waals surface area (Å²) >= 11 is 0. The van der Waals surface area contributed by atoms with Crippen LogP contribution >= 0.6 is 0 Å². The highest BCUT2D eigenvalue weighted by Crippen LogP contribution is 2.23. The number of rotatable bonds is 3. The molecule has 126 valence electrons. The molecule has 0 unspecified atom stereocenters. The molecule has 0 spiro atoms. The van der Waals surface area contributed by atoms with Crippen molar-refractivity contribution in [3.63, 3.8) is 0 Å². The van der Waals surface area contributed by atoms with Gasteiger partial charge in [-0.3, -0.25) is 14.9 Å². The second-order valence-electron chi connectivity index (χ2n) is 5.34. The molecule has 0 aliphatic heterocycles. The van der Waals surface area contributed by atoms with Crippen LogP contribution in [0, 0.1) is 22.9 Å². The molecule has 0 bridgehead atoms. The molecule has 1 amide bonds. The van der Waals surface area contributed by atoms with Crippen molar-refractivity contribution < 1.29 is 18.5 Å². The summed E-state index contributed by atoms with van der Waals surface area (Å²) in [5, 5.41) is 13.7. The fourth-order valence-corrected chi connectivity index (χ4v) is 2.31. The number of benzene rings is 2. The van der Waals surface area contributed by atoms with E-state index in [4.69, 9.17) is 4.42 Å². The average Bonchev–Trinajstić information content (AvgIpc) is 2.57. The summed E-state index contributed by atoms with van der Waals surface area (Å²) in [6, 6.07) is 8.86. The Morgan fingerprint density at radius 1 is 1.20 bits per heavy atom. The first kappa shape index (κ1) is 16.3. The van der Waals surface area contributed by atoms with Crippen LogP contribution in [-0.2, 0) is 0 Å². The van der Waals surface area contributed by atoms with E-state index in [1.54, 1.807) is 6.92 Å². The van der Waals surface area contributed by atoms with Crippen molar-refractivity contribution in [3.05, 3.63) is 80.1 Å². The van der Waals surface area contributed by atoms with Crippen LogP contribution in [-0.4, -0.2) is 10.8 Å². The SMILES string of the molecule is Cc1ccc([N+](=O)[O-])cc1NC(=O)c1cc2ccc(F)cc2c(=O)o1. The lowest BCUT2D eigenvalue weighted by Crippen LogP contribution is -2.15. The number of fused-ring (bicyclic) bond motifs is 1. The molecule has 3 rings (SSSR count). The van der Waals surface area contributed by atoms with Gasteiger partial charge in [0.05, 0.1) is 16.0 Å². The van der Waals surface area contributed by atoms with E-state index in [9.17, 15) is 24.1 Å². The number of nitrogens with one attached hydrogen (secondary N) is 1. The minimum absolute atomic E-state index is 0.0167. The summed E-state index contributed by atoms with van der Waals surface area (Å²) in [5.74, 6) is -1.62. The maximum atomic E-state index is 13.2. The van der Waals surface area contributed by atoms with Gasteiger partial charge in [0, 0.05) is 12.1 Å². The Morgan fingerprint density at radius 3 is 2.68 bits per heavy atom. The number of nitro groups is 1. The maximum absolute atomic E-state index is 13.2. The minimum atomic E-state index is -0.849. The van der Waals surface area contributed by atoms with Crippen LogP contribution in [0.3, 0.4) is 0 Å². The van der Waals surface area contributed by atoms with Crippen LogP contribution in [0.2, 0.25) is 0 Å². The van der Waals surface area contributed by atoms with Crippen molar-refractivity contribution in [1.29, 1.82) is 0 Å². The zero-order chi connectivity index (χ0) is 18.1. The molecular formula is C17H11FN2O5. The Bertz CT molecular complexity index is 1070. The quantitative estimate of drug-likeness (QED) is 0.580. The zero-order valence-electron chi connectivity index (χ0n) is 12.9. The largest absolute Gasteiger partial charge is 0.417 e. The lowest BCUT2D eigenvalue weighted by atomic mass is 10.1. The molecule has 7 nitrogen and oxygen atoms in total. The Kier molecular flexibility index (Phi) is 4.02. The molecular weight excluding hydrogens is 331 g/mol. The van der Waals surface area contributed by atoms with Crippen molar-refractivity contribution in [1.82, 2.24) is 0 Å². The number of amides is 1. The lowest BCUT2D eigenvalue weighted by Gasteiger charge is -2.08. The van der Waals surface area contributed by atoms with Gasteiger partial charge in [0.15, 0.2) is 5.76 Å². The number of carbonyl (C=O) groups is 1. The molecule has 1 N–H and O–H groups in total. The minimum Gasteiger partial charge on any atom is -0.417 e. The third-order valence-corrected chi connectivity index (χ3v) is 3.63. The van der Waals surface area contributed by atoms with Gasteiger partial charge in [-0.1, -0.05) is 12.1 Å². The predicted molar refractivity (Wildman–Crippen MR) is 88.2 cm³/mol. The third-order valence-electron chi connectivity index (χ3n) is 3.63. The number of aryl methyl sites for hydroxylation is 1. The molecule has 1 aromatic heterocycles. The standard InChI is InChI=1S/C17H11FN2O5/c1-9-2-5-12(20(23)24)8-14(9)19-16(21)15-6-10-3-4-11(18)7-13(10)17(22)25-15/h2-8H,1H3,(H,19,21). The Balaban J connectivity index is 1.98. The van der Waals surface area contributed by atoms with Gasteiger partial charge in [0.25, 0.3) is 11.6 Å². The number of non-ortho nitro benzene ring substituents is 1. The van der Waals surface area contributed by atoms with Crippen molar-refractivity contribution in [2.45, 2.75) is 6.92 Å². The van der Waals surface area contributed by atoms with Gasteiger partial charge in [0.1, 0.15) is 5.82 Å². The normalized spacial score (nSPS) is 10.6. The molecule has 2 aromatic carbocycles. The molecule has 0 saturated heterocycles. The third kappa shape index (κ3) is 3.23. The van der Waals surface area contributed by atoms with E-state index in [0.29, 0.717) is 10.9 Å². The summed E-state index contributed by atoms with van der Waals surface area (Å²) in [6.45, 7) is 1.67. The van der Waals surface area contributed by atoms with Crippen LogP contribution in [0.25, 0.3) is 10.8 Å². The summed E-state index contributed by atoms with van der Waals surface area (Å²) in [5.41, 5.74) is -0.209. The fourth-order valence-electron chi connectivity index (χ4n) is 2.31. The summed E-state index contributed by atoms with van der Waals surface area (Å²) in [7, 11) is 0. The maximum Gasteiger partial charge on any atom is 0.344 e. The highest BCUT2D eigenvalue weighted by Gasteiger charge is 2.16. The van der Waals surface area contributed by atoms with Gasteiger partial charge in [-0.05, 0) is 36.1 Å². The van der Waals surface area contributed by atoms with E-state index in [0.717, 1.165) is 12.1 Å². The fraction of sp³-hybridized carbons (Fsp3) is 0.0588. The van der Waals surface area contributed by atoms with Gasteiger partial charge in [-0.25, -0.2) is 9.18 Å². The lowest BCUT2D eigenvalue weighted by molar-refractivity contribution is -0.384. The van der Waals surface area contributed by atoms with E-state index in [1.807, 2.05) is 0 Å².